The van der Waals surface area contributed by atoms with E-state index in [9.17, 15) is 13.4 Å². The fraction of sp³-hybridized carbons (Fsp3) is 0.353. The van der Waals surface area contributed by atoms with E-state index in [4.69, 9.17) is 0 Å². The van der Waals surface area contributed by atoms with E-state index in [0.717, 1.165) is 12.0 Å². The Morgan fingerprint density at radius 1 is 1.25 bits per heavy atom. The number of nitrogens with zero attached hydrogens (tertiary/aromatic N) is 1. The molecule has 0 aliphatic rings. The number of rotatable bonds is 6. The number of hydrogen-bond acceptors (Lipinski definition) is 3. The van der Waals surface area contributed by atoms with Crippen LogP contribution in [0.15, 0.2) is 29.2 Å². The third-order valence-corrected chi connectivity index (χ3v) is 4.83. The minimum atomic E-state index is -1.27. The maximum atomic E-state index is 14.1. The lowest BCUT2D eigenvalue weighted by molar-refractivity contribution is 0.630. The molecule has 0 aliphatic carbocycles. The summed E-state index contributed by atoms with van der Waals surface area (Å²) in [6, 6.07) is 4.82. The number of halogens is 1. The van der Waals surface area contributed by atoms with Gasteiger partial charge in [-0.1, -0.05) is 13.0 Å². The van der Waals surface area contributed by atoms with Crippen LogP contribution in [0.5, 0.6) is 0 Å². The lowest BCUT2D eigenvalue weighted by atomic mass is 10.2. The van der Waals surface area contributed by atoms with Gasteiger partial charge in [-0.2, -0.15) is 0 Å². The summed E-state index contributed by atoms with van der Waals surface area (Å²) in [5.74, 6) is 0.0796. The van der Waals surface area contributed by atoms with E-state index in [0.29, 0.717) is 22.7 Å². The van der Waals surface area contributed by atoms with Crippen LogP contribution in [0.3, 0.4) is 0 Å². The maximum Gasteiger partial charge on any atom is 0.255 e. The van der Waals surface area contributed by atoms with E-state index in [1.54, 1.807) is 39.2 Å². The summed E-state index contributed by atoms with van der Waals surface area (Å²) >= 11 is 0. The highest BCUT2D eigenvalue weighted by atomic mass is 32.2. The molecule has 0 spiro atoms. The second-order valence-corrected chi connectivity index (χ2v) is 7.02. The van der Waals surface area contributed by atoms with Crippen molar-refractivity contribution in [3.63, 3.8) is 0 Å². The Kier molecular flexibility index (Phi) is 5.77. The fourth-order valence-electron chi connectivity index (χ4n) is 2.34. The molecule has 2 rings (SSSR count). The standard InChI is InChI=1S/C17H22FN3O2S/c1-5-8-24(23)20-15-10-21(4)17(22)12(3)16(15)19-14-7-6-11(2)9-13(14)18/h6-7,9-10,19-20H,5,8H2,1-4H3. The number of aryl methyl sites for hydroxylation is 2. The molecule has 0 saturated carbocycles. The van der Waals surface area contributed by atoms with Gasteiger partial charge in [-0.25, -0.2) is 8.60 Å². The molecule has 1 heterocycles. The average Bonchev–Trinajstić information content (AvgIpc) is 2.51. The summed E-state index contributed by atoms with van der Waals surface area (Å²) in [5, 5.41) is 2.97. The summed E-state index contributed by atoms with van der Waals surface area (Å²) in [6.07, 6.45) is 2.33. The number of anilines is 3. The van der Waals surface area contributed by atoms with Crippen LogP contribution in [0.1, 0.15) is 24.5 Å². The smallest absolute Gasteiger partial charge is 0.255 e. The molecular weight excluding hydrogens is 329 g/mol. The van der Waals surface area contributed by atoms with Gasteiger partial charge >= 0.3 is 0 Å². The van der Waals surface area contributed by atoms with Gasteiger partial charge in [-0.05, 0) is 38.0 Å². The van der Waals surface area contributed by atoms with Crippen LogP contribution in [0, 0.1) is 19.7 Å². The summed E-state index contributed by atoms with van der Waals surface area (Å²) in [5.41, 5.74) is 2.24. The molecule has 0 radical (unpaired) electrons. The Morgan fingerprint density at radius 2 is 1.96 bits per heavy atom. The molecule has 7 heteroatoms. The van der Waals surface area contributed by atoms with E-state index in [1.165, 1.54) is 10.6 Å². The molecule has 5 nitrogen and oxygen atoms in total. The van der Waals surface area contributed by atoms with Crippen molar-refractivity contribution in [3.8, 4) is 0 Å². The van der Waals surface area contributed by atoms with Gasteiger partial charge in [0.25, 0.3) is 5.56 Å². The predicted octanol–water partition coefficient (Wildman–Crippen LogP) is 3.37. The van der Waals surface area contributed by atoms with Crippen molar-refractivity contribution in [1.82, 2.24) is 4.57 Å². The normalized spacial score (nSPS) is 12.0. The summed E-state index contributed by atoms with van der Waals surface area (Å²) < 4.78 is 30.5. The molecule has 130 valence electrons. The first-order valence-corrected chi connectivity index (χ1v) is 9.03. The second-order valence-electron chi connectivity index (χ2n) is 5.72. The van der Waals surface area contributed by atoms with Crippen molar-refractivity contribution in [2.75, 3.05) is 15.8 Å². The minimum absolute atomic E-state index is 0.197. The summed E-state index contributed by atoms with van der Waals surface area (Å²) in [6.45, 7) is 5.40. The first-order valence-electron chi connectivity index (χ1n) is 7.72. The van der Waals surface area contributed by atoms with Crippen LogP contribution < -0.4 is 15.6 Å². The van der Waals surface area contributed by atoms with E-state index in [1.807, 2.05) is 6.92 Å². The van der Waals surface area contributed by atoms with Gasteiger partial charge in [0.15, 0.2) is 0 Å². The highest BCUT2D eigenvalue weighted by Crippen LogP contribution is 2.29. The van der Waals surface area contributed by atoms with Gasteiger partial charge in [0, 0.05) is 24.6 Å². The molecule has 24 heavy (non-hydrogen) atoms. The Labute approximate surface area is 143 Å². The fourth-order valence-corrected chi connectivity index (χ4v) is 3.22. The third kappa shape index (κ3) is 4.03. The minimum Gasteiger partial charge on any atom is -0.351 e. The highest BCUT2D eigenvalue weighted by Gasteiger charge is 2.15. The zero-order chi connectivity index (χ0) is 17.9. The lowest BCUT2D eigenvalue weighted by Crippen LogP contribution is -2.22. The van der Waals surface area contributed by atoms with Gasteiger partial charge < -0.3 is 14.6 Å². The molecule has 0 bridgehead atoms. The third-order valence-electron chi connectivity index (χ3n) is 3.61. The van der Waals surface area contributed by atoms with Crippen molar-refractivity contribution in [3.05, 3.63) is 51.7 Å². The number of pyridine rings is 1. The Bertz CT molecular complexity index is 833. The first-order chi connectivity index (χ1) is 11.3. The van der Waals surface area contributed by atoms with E-state index in [-0.39, 0.29) is 11.2 Å². The Morgan fingerprint density at radius 3 is 2.58 bits per heavy atom. The molecule has 1 atom stereocenters. The lowest BCUT2D eigenvalue weighted by Gasteiger charge is -2.17. The molecule has 1 aromatic carbocycles. The second kappa shape index (κ2) is 7.61. The molecule has 0 amide bonds. The van der Waals surface area contributed by atoms with Crippen LogP contribution in [0.4, 0.5) is 21.5 Å². The van der Waals surface area contributed by atoms with Gasteiger partial charge in [0.2, 0.25) is 0 Å². The van der Waals surface area contributed by atoms with E-state index in [2.05, 4.69) is 10.0 Å². The topological polar surface area (TPSA) is 63.1 Å². The number of benzene rings is 1. The molecular formula is C17H22FN3O2S. The van der Waals surface area contributed by atoms with Crippen LogP contribution >= 0.6 is 0 Å². The highest BCUT2D eigenvalue weighted by molar-refractivity contribution is 7.86. The molecule has 2 N–H and O–H groups in total. The quantitative estimate of drug-likeness (QED) is 0.839. The molecule has 0 saturated heterocycles. The SMILES string of the molecule is CCCS(=O)Nc1cn(C)c(=O)c(C)c1Nc1ccc(C)cc1F. The number of hydrogen-bond donors (Lipinski definition) is 2. The van der Waals surface area contributed by atoms with Crippen molar-refractivity contribution < 1.29 is 8.60 Å². The Balaban J connectivity index is 2.48. The molecule has 1 unspecified atom stereocenters. The predicted molar refractivity (Wildman–Crippen MR) is 97.8 cm³/mol. The Hall–Kier alpha value is -2.15. The van der Waals surface area contributed by atoms with Crippen LogP contribution in [0.25, 0.3) is 0 Å². The first kappa shape index (κ1) is 18.2. The number of nitrogens with one attached hydrogen (secondary N) is 2. The van der Waals surface area contributed by atoms with Crippen molar-refractivity contribution >= 4 is 28.0 Å². The van der Waals surface area contributed by atoms with Crippen molar-refractivity contribution in [2.24, 2.45) is 7.05 Å². The van der Waals surface area contributed by atoms with Crippen molar-refractivity contribution in [2.45, 2.75) is 27.2 Å². The molecule has 2 aromatic rings. The summed E-state index contributed by atoms with van der Waals surface area (Å²) in [7, 11) is 0.354. The van der Waals surface area contributed by atoms with Gasteiger partial charge in [-0.15, -0.1) is 0 Å². The average molecular weight is 351 g/mol. The van der Waals surface area contributed by atoms with E-state index >= 15 is 0 Å². The van der Waals surface area contributed by atoms with E-state index < -0.39 is 16.8 Å². The van der Waals surface area contributed by atoms with Gasteiger partial charge in [-0.3, -0.25) is 4.79 Å². The monoisotopic (exact) mass is 351 g/mol. The molecule has 1 aromatic heterocycles. The van der Waals surface area contributed by atoms with Crippen LogP contribution in [-0.4, -0.2) is 14.5 Å². The maximum absolute atomic E-state index is 14.1. The van der Waals surface area contributed by atoms with Crippen LogP contribution in [0.2, 0.25) is 0 Å². The van der Waals surface area contributed by atoms with Crippen molar-refractivity contribution in [1.29, 1.82) is 0 Å². The molecule has 0 aliphatic heterocycles. The largest absolute Gasteiger partial charge is 0.351 e. The zero-order valence-corrected chi connectivity index (χ0v) is 15.1. The summed E-state index contributed by atoms with van der Waals surface area (Å²) in [4.78, 5) is 12.2. The number of aromatic nitrogens is 1. The van der Waals surface area contributed by atoms with Gasteiger partial charge in [0.05, 0.1) is 17.1 Å². The van der Waals surface area contributed by atoms with Crippen LogP contribution in [-0.2, 0) is 18.0 Å². The zero-order valence-electron chi connectivity index (χ0n) is 14.3. The molecule has 0 fully saturated rings. The van der Waals surface area contributed by atoms with Gasteiger partial charge in [0.1, 0.15) is 16.8 Å².